The maximum Gasteiger partial charge on any atom is 0.137 e. The number of rotatable bonds is 3. The first kappa shape index (κ1) is 14.1. The highest BCUT2D eigenvalue weighted by atomic mass is 79.9. The van der Waals surface area contributed by atoms with Crippen molar-refractivity contribution in [3.8, 4) is 0 Å². The van der Waals surface area contributed by atoms with Crippen molar-refractivity contribution in [3.63, 3.8) is 0 Å². The lowest BCUT2D eigenvalue weighted by Gasteiger charge is -2.18. The zero-order chi connectivity index (χ0) is 14.8. The molecule has 2 aromatic carbocycles. The van der Waals surface area contributed by atoms with Crippen molar-refractivity contribution in [2.75, 3.05) is 0 Å². The first-order chi connectivity index (χ1) is 10.2. The number of hydrazine groups is 1. The Hall–Kier alpha value is -1.82. The van der Waals surface area contributed by atoms with Crippen LogP contribution in [0.25, 0.3) is 10.9 Å². The van der Waals surface area contributed by atoms with Crippen LogP contribution in [0.15, 0.2) is 59.2 Å². The Morgan fingerprint density at radius 3 is 2.71 bits per heavy atom. The average molecular weight is 346 g/mol. The highest BCUT2D eigenvalue weighted by Crippen LogP contribution is 2.29. The topological polar surface area (TPSA) is 50.9 Å². The van der Waals surface area contributed by atoms with Gasteiger partial charge in [-0.05, 0) is 39.7 Å². The molecule has 0 amide bonds. The van der Waals surface area contributed by atoms with Crippen LogP contribution in [-0.2, 0) is 0 Å². The molecule has 0 fully saturated rings. The fourth-order valence-electron chi connectivity index (χ4n) is 2.42. The molecule has 1 unspecified atom stereocenters. The molecule has 1 heterocycles. The molecule has 21 heavy (non-hydrogen) atoms. The fraction of sp³-hybridized carbons (Fsp3) is 0.0625. The first-order valence-corrected chi connectivity index (χ1v) is 7.24. The summed E-state index contributed by atoms with van der Waals surface area (Å²) in [6, 6.07) is 14.4. The molecule has 1 aromatic heterocycles. The van der Waals surface area contributed by atoms with Gasteiger partial charge in [0.15, 0.2) is 0 Å². The van der Waals surface area contributed by atoms with E-state index in [2.05, 4.69) is 26.3 Å². The Morgan fingerprint density at radius 2 is 1.95 bits per heavy atom. The number of nitrogens with one attached hydrogen (secondary N) is 1. The van der Waals surface area contributed by atoms with Crippen molar-refractivity contribution in [2.45, 2.75) is 6.04 Å². The summed E-state index contributed by atoms with van der Waals surface area (Å²) in [5.41, 5.74) is 5.27. The minimum Gasteiger partial charge on any atom is -0.271 e. The molecule has 5 heteroatoms. The molecule has 0 bridgehead atoms. The molecule has 3 nitrogen and oxygen atoms in total. The van der Waals surface area contributed by atoms with E-state index in [4.69, 9.17) is 5.84 Å². The van der Waals surface area contributed by atoms with Crippen LogP contribution in [0.1, 0.15) is 17.2 Å². The van der Waals surface area contributed by atoms with Gasteiger partial charge in [-0.1, -0.05) is 30.3 Å². The predicted octanol–water partition coefficient (Wildman–Crippen LogP) is 3.69. The number of benzene rings is 2. The van der Waals surface area contributed by atoms with Crippen LogP contribution < -0.4 is 11.3 Å². The van der Waals surface area contributed by atoms with Gasteiger partial charge >= 0.3 is 0 Å². The number of nitrogens with zero attached hydrogens (tertiary/aromatic N) is 1. The van der Waals surface area contributed by atoms with Gasteiger partial charge in [0, 0.05) is 17.1 Å². The number of nitrogens with two attached hydrogens (primary N) is 1. The lowest BCUT2D eigenvalue weighted by Crippen LogP contribution is -2.29. The minimum atomic E-state index is -0.328. The maximum absolute atomic E-state index is 13.8. The minimum absolute atomic E-state index is 0.319. The van der Waals surface area contributed by atoms with Gasteiger partial charge in [-0.2, -0.15) is 0 Å². The van der Waals surface area contributed by atoms with Crippen LogP contribution in [0.3, 0.4) is 0 Å². The van der Waals surface area contributed by atoms with E-state index in [-0.39, 0.29) is 11.9 Å². The summed E-state index contributed by atoms with van der Waals surface area (Å²) in [6.45, 7) is 0. The summed E-state index contributed by atoms with van der Waals surface area (Å²) in [5.74, 6) is 5.39. The molecular formula is C16H13BrFN3. The van der Waals surface area contributed by atoms with Crippen LogP contribution in [0.2, 0.25) is 0 Å². The fourth-order valence-corrected chi connectivity index (χ4v) is 2.66. The SMILES string of the molecule is NNC(c1ccc(Br)c(F)c1)c1cccc2cccnc12. The monoisotopic (exact) mass is 345 g/mol. The average Bonchev–Trinajstić information content (AvgIpc) is 2.52. The van der Waals surface area contributed by atoms with Gasteiger partial charge in [0.2, 0.25) is 0 Å². The van der Waals surface area contributed by atoms with Gasteiger partial charge in [-0.15, -0.1) is 0 Å². The van der Waals surface area contributed by atoms with E-state index in [1.807, 2.05) is 36.4 Å². The van der Waals surface area contributed by atoms with Crippen LogP contribution in [0.4, 0.5) is 4.39 Å². The number of aromatic nitrogens is 1. The van der Waals surface area contributed by atoms with Gasteiger partial charge in [0.25, 0.3) is 0 Å². The largest absolute Gasteiger partial charge is 0.271 e. The van der Waals surface area contributed by atoms with Crippen molar-refractivity contribution in [2.24, 2.45) is 5.84 Å². The Balaban J connectivity index is 2.16. The third kappa shape index (κ3) is 2.68. The Bertz CT molecular complexity index is 786. The van der Waals surface area contributed by atoms with Gasteiger partial charge in [-0.3, -0.25) is 10.8 Å². The second-order valence-corrected chi connectivity index (χ2v) is 5.55. The summed E-state index contributed by atoms with van der Waals surface area (Å²) in [6.07, 6.45) is 1.74. The molecule has 106 valence electrons. The summed E-state index contributed by atoms with van der Waals surface area (Å²) in [5, 5.41) is 1.02. The van der Waals surface area contributed by atoms with E-state index in [0.717, 1.165) is 22.0 Å². The Labute approximate surface area is 130 Å². The standard InChI is InChI=1S/C16H13BrFN3/c17-13-7-6-11(9-14(13)18)16(21-19)12-5-1-3-10-4-2-8-20-15(10)12/h1-9,16,21H,19H2. The highest BCUT2D eigenvalue weighted by Gasteiger charge is 2.17. The number of hydrogen-bond acceptors (Lipinski definition) is 3. The molecular weight excluding hydrogens is 333 g/mol. The molecule has 0 aliphatic rings. The summed E-state index contributed by atoms with van der Waals surface area (Å²) >= 11 is 3.16. The molecule has 3 N–H and O–H groups in total. The molecule has 3 rings (SSSR count). The van der Waals surface area contributed by atoms with Gasteiger partial charge in [-0.25, -0.2) is 9.82 Å². The second kappa shape index (κ2) is 5.89. The van der Waals surface area contributed by atoms with Crippen LogP contribution in [-0.4, -0.2) is 4.98 Å². The maximum atomic E-state index is 13.8. The highest BCUT2D eigenvalue weighted by molar-refractivity contribution is 9.10. The third-order valence-corrected chi connectivity index (χ3v) is 4.06. The van der Waals surface area contributed by atoms with Crippen LogP contribution >= 0.6 is 15.9 Å². The second-order valence-electron chi connectivity index (χ2n) is 4.70. The van der Waals surface area contributed by atoms with Crippen molar-refractivity contribution < 1.29 is 4.39 Å². The van der Waals surface area contributed by atoms with E-state index in [1.165, 1.54) is 6.07 Å². The normalized spacial score (nSPS) is 12.5. The van der Waals surface area contributed by atoms with Crippen molar-refractivity contribution >= 4 is 26.8 Å². The third-order valence-electron chi connectivity index (χ3n) is 3.42. The van der Waals surface area contributed by atoms with Gasteiger partial charge in [0.1, 0.15) is 5.82 Å². The summed E-state index contributed by atoms with van der Waals surface area (Å²) < 4.78 is 14.2. The lowest BCUT2D eigenvalue weighted by molar-refractivity contribution is 0.601. The van der Waals surface area contributed by atoms with Gasteiger partial charge in [0.05, 0.1) is 16.0 Å². The number of fused-ring (bicyclic) bond motifs is 1. The Morgan fingerprint density at radius 1 is 1.14 bits per heavy atom. The first-order valence-electron chi connectivity index (χ1n) is 6.45. The van der Waals surface area contributed by atoms with E-state index in [0.29, 0.717) is 4.47 Å². The molecule has 1 atom stereocenters. The number of hydrogen-bond donors (Lipinski definition) is 2. The number of para-hydroxylation sites is 1. The van der Waals surface area contributed by atoms with Crippen molar-refractivity contribution in [3.05, 3.63) is 76.1 Å². The van der Waals surface area contributed by atoms with Crippen LogP contribution in [0, 0.1) is 5.82 Å². The zero-order valence-electron chi connectivity index (χ0n) is 11.1. The number of halogens is 2. The molecule has 3 aromatic rings. The van der Waals surface area contributed by atoms with E-state index < -0.39 is 0 Å². The number of pyridine rings is 1. The van der Waals surface area contributed by atoms with Crippen LogP contribution in [0.5, 0.6) is 0 Å². The quantitative estimate of drug-likeness (QED) is 0.562. The van der Waals surface area contributed by atoms with E-state index in [1.54, 1.807) is 12.3 Å². The zero-order valence-corrected chi connectivity index (χ0v) is 12.6. The lowest BCUT2D eigenvalue weighted by atomic mass is 9.97. The molecule has 0 spiro atoms. The van der Waals surface area contributed by atoms with Crippen molar-refractivity contribution in [1.82, 2.24) is 10.4 Å². The van der Waals surface area contributed by atoms with E-state index >= 15 is 0 Å². The van der Waals surface area contributed by atoms with E-state index in [9.17, 15) is 4.39 Å². The molecule has 0 aliphatic carbocycles. The molecule has 0 saturated carbocycles. The summed E-state index contributed by atoms with van der Waals surface area (Å²) in [7, 11) is 0. The predicted molar refractivity (Wildman–Crippen MR) is 85.0 cm³/mol. The molecule has 0 aliphatic heterocycles. The molecule has 0 radical (unpaired) electrons. The Kier molecular flexibility index (Phi) is 3.96. The summed E-state index contributed by atoms with van der Waals surface area (Å²) in [4.78, 5) is 4.42. The van der Waals surface area contributed by atoms with Gasteiger partial charge < -0.3 is 0 Å². The smallest absolute Gasteiger partial charge is 0.137 e. The van der Waals surface area contributed by atoms with Crippen molar-refractivity contribution in [1.29, 1.82) is 0 Å². The molecule has 0 saturated heterocycles.